The van der Waals surface area contributed by atoms with Crippen molar-refractivity contribution in [3.8, 4) is 0 Å². The van der Waals surface area contributed by atoms with E-state index in [0.29, 0.717) is 18.0 Å². The van der Waals surface area contributed by atoms with E-state index in [1.165, 1.54) is 0 Å². The second kappa shape index (κ2) is 6.86. The molecule has 1 aromatic rings. The molecule has 0 amide bonds. The van der Waals surface area contributed by atoms with Gasteiger partial charge in [-0.2, -0.15) is 0 Å². The SMILES string of the molecule is CN(CCO)CCC(O)c1ccc(Cl)cc1. The molecule has 0 saturated carbocycles. The minimum Gasteiger partial charge on any atom is -0.395 e. The molecule has 0 aliphatic carbocycles. The lowest BCUT2D eigenvalue weighted by Crippen LogP contribution is -2.24. The highest BCUT2D eigenvalue weighted by Crippen LogP contribution is 2.19. The van der Waals surface area contributed by atoms with Crippen LogP contribution in [0.2, 0.25) is 5.02 Å². The molecule has 0 fully saturated rings. The van der Waals surface area contributed by atoms with Gasteiger partial charge in [-0.1, -0.05) is 23.7 Å². The lowest BCUT2D eigenvalue weighted by molar-refractivity contribution is 0.141. The van der Waals surface area contributed by atoms with E-state index in [0.717, 1.165) is 12.1 Å². The Bertz CT molecular complexity index is 302. The molecule has 16 heavy (non-hydrogen) atoms. The molecule has 0 heterocycles. The Kier molecular flexibility index (Phi) is 5.77. The zero-order chi connectivity index (χ0) is 12.0. The van der Waals surface area contributed by atoms with Gasteiger partial charge in [0.25, 0.3) is 0 Å². The molecular weight excluding hydrogens is 226 g/mol. The van der Waals surface area contributed by atoms with Crippen LogP contribution in [0.3, 0.4) is 0 Å². The van der Waals surface area contributed by atoms with Crippen LogP contribution >= 0.6 is 11.6 Å². The Morgan fingerprint density at radius 1 is 1.25 bits per heavy atom. The van der Waals surface area contributed by atoms with E-state index in [2.05, 4.69) is 0 Å². The van der Waals surface area contributed by atoms with Crippen LogP contribution in [0.25, 0.3) is 0 Å². The molecule has 0 radical (unpaired) electrons. The van der Waals surface area contributed by atoms with E-state index >= 15 is 0 Å². The van der Waals surface area contributed by atoms with Gasteiger partial charge in [-0.05, 0) is 31.2 Å². The summed E-state index contributed by atoms with van der Waals surface area (Å²) < 4.78 is 0. The predicted molar refractivity (Wildman–Crippen MR) is 65.6 cm³/mol. The number of benzene rings is 1. The third-order valence-electron chi connectivity index (χ3n) is 2.52. The molecule has 1 atom stereocenters. The monoisotopic (exact) mass is 243 g/mol. The van der Waals surface area contributed by atoms with Crippen LogP contribution in [0.15, 0.2) is 24.3 Å². The number of halogens is 1. The molecular formula is C12H18ClNO2. The molecule has 4 heteroatoms. The molecule has 1 aromatic carbocycles. The molecule has 0 bridgehead atoms. The maximum absolute atomic E-state index is 9.90. The minimum absolute atomic E-state index is 0.146. The van der Waals surface area contributed by atoms with Crippen LogP contribution < -0.4 is 0 Å². The number of aliphatic hydroxyl groups is 2. The Labute approximate surface area is 101 Å². The first-order valence-electron chi connectivity index (χ1n) is 5.36. The van der Waals surface area contributed by atoms with Crippen molar-refractivity contribution >= 4 is 11.6 Å². The fourth-order valence-electron chi connectivity index (χ4n) is 1.48. The van der Waals surface area contributed by atoms with Crippen molar-refractivity contribution in [2.75, 3.05) is 26.7 Å². The van der Waals surface area contributed by atoms with E-state index in [1.54, 1.807) is 12.1 Å². The van der Waals surface area contributed by atoms with E-state index in [1.807, 2.05) is 24.1 Å². The maximum Gasteiger partial charge on any atom is 0.0802 e. The number of hydrogen-bond acceptors (Lipinski definition) is 3. The molecule has 3 nitrogen and oxygen atoms in total. The second-order valence-corrected chi connectivity index (χ2v) is 4.32. The maximum atomic E-state index is 9.90. The average Bonchev–Trinajstić information content (AvgIpc) is 2.27. The third-order valence-corrected chi connectivity index (χ3v) is 2.77. The fraction of sp³-hybridized carbons (Fsp3) is 0.500. The van der Waals surface area contributed by atoms with Crippen LogP contribution in [0.5, 0.6) is 0 Å². The van der Waals surface area contributed by atoms with Gasteiger partial charge in [-0.15, -0.1) is 0 Å². The summed E-state index contributed by atoms with van der Waals surface area (Å²) in [6, 6.07) is 7.22. The normalized spacial score (nSPS) is 13.1. The van der Waals surface area contributed by atoms with Crippen molar-refractivity contribution in [1.82, 2.24) is 4.90 Å². The first-order chi connectivity index (χ1) is 7.63. The number of nitrogens with zero attached hydrogens (tertiary/aromatic N) is 1. The van der Waals surface area contributed by atoms with E-state index in [9.17, 15) is 5.11 Å². The summed E-state index contributed by atoms with van der Waals surface area (Å²) in [6.07, 6.45) is 0.177. The third kappa shape index (κ3) is 4.49. The van der Waals surface area contributed by atoms with Crippen molar-refractivity contribution in [1.29, 1.82) is 0 Å². The molecule has 90 valence electrons. The van der Waals surface area contributed by atoms with Gasteiger partial charge in [0.15, 0.2) is 0 Å². The molecule has 1 rings (SSSR count). The Morgan fingerprint density at radius 2 is 1.88 bits per heavy atom. The average molecular weight is 244 g/mol. The van der Waals surface area contributed by atoms with E-state index in [-0.39, 0.29) is 6.61 Å². The lowest BCUT2D eigenvalue weighted by atomic mass is 10.1. The number of aliphatic hydroxyl groups excluding tert-OH is 2. The van der Waals surface area contributed by atoms with Crippen LogP contribution in [-0.4, -0.2) is 41.9 Å². The molecule has 2 N–H and O–H groups in total. The van der Waals surface area contributed by atoms with Gasteiger partial charge < -0.3 is 15.1 Å². The molecule has 0 aliphatic heterocycles. The topological polar surface area (TPSA) is 43.7 Å². The molecule has 0 spiro atoms. The number of hydrogen-bond donors (Lipinski definition) is 2. The summed E-state index contributed by atoms with van der Waals surface area (Å²) in [4.78, 5) is 1.99. The van der Waals surface area contributed by atoms with Crippen LogP contribution in [0.4, 0.5) is 0 Å². The van der Waals surface area contributed by atoms with Crippen molar-refractivity contribution in [2.24, 2.45) is 0 Å². The van der Waals surface area contributed by atoms with Gasteiger partial charge >= 0.3 is 0 Å². The van der Waals surface area contributed by atoms with Crippen LogP contribution in [-0.2, 0) is 0 Å². The summed E-state index contributed by atoms with van der Waals surface area (Å²) in [7, 11) is 1.92. The van der Waals surface area contributed by atoms with Crippen molar-refractivity contribution in [2.45, 2.75) is 12.5 Å². The van der Waals surface area contributed by atoms with E-state index < -0.39 is 6.10 Å². The van der Waals surface area contributed by atoms with Gasteiger partial charge in [0.05, 0.1) is 12.7 Å². The summed E-state index contributed by atoms with van der Waals surface area (Å²) in [5.74, 6) is 0. The quantitative estimate of drug-likeness (QED) is 0.799. The van der Waals surface area contributed by atoms with Crippen molar-refractivity contribution in [3.05, 3.63) is 34.9 Å². The van der Waals surface area contributed by atoms with Crippen LogP contribution in [0, 0.1) is 0 Å². The second-order valence-electron chi connectivity index (χ2n) is 3.88. The molecule has 0 aromatic heterocycles. The summed E-state index contributed by atoms with van der Waals surface area (Å²) >= 11 is 5.77. The first kappa shape index (κ1) is 13.5. The standard InChI is InChI=1S/C12H18ClNO2/c1-14(8-9-15)7-6-12(16)10-2-4-11(13)5-3-10/h2-5,12,15-16H,6-9H2,1H3. The van der Waals surface area contributed by atoms with Gasteiger partial charge in [0.1, 0.15) is 0 Å². The Balaban J connectivity index is 2.40. The largest absolute Gasteiger partial charge is 0.395 e. The van der Waals surface area contributed by atoms with E-state index in [4.69, 9.17) is 16.7 Å². The smallest absolute Gasteiger partial charge is 0.0802 e. The van der Waals surface area contributed by atoms with Crippen LogP contribution in [0.1, 0.15) is 18.1 Å². The Morgan fingerprint density at radius 3 is 2.44 bits per heavy atom. The first-order valence-corrected chi connectivity index (χ1v) is 5.74. The zero-order valence-corrected chi connectivity index (χ0v) is 10.2. The molecule has 1 unspecified atom stereocenters. The summed E-state index contributed by atoms with van der Waals surface area (Å²) in [5, 5.41) is 19.3. The number of likely N-dealkylation sites (N-methyl/N-ethyl adjacent to an activating group) is 1. The van der Waals surface area contributed by atoms with Crippen molar-refractivity contribution in [3.63, 3.8) is 0 Å². The van der Waals surface area contributed by atoms with Crippen molar-refractivity contribution < 1.29 is 10.2 Å². The molecule has 0 aliphatic rings. The van der Waals surface area contributed by atoms with Gasteiger partial charge in [-0.25, -0.2) is 0 Å². The zero-order valence-electron chi connectivity index (χ0n) is 9.43. The summed E-state index contributed by atoms with van der Waals surface area (Å²) in [6.45, 7) is 1.53. The highest BCUT2D eigenvalue weighted by Gasteiger charge is 2.08. The highest BCUT2D eigenvalue weighted by molar-refractivity contribution is 6.30. The molecule has 0 saturated heterocycles. The Hall–Kier alpha value is -0.610. The summed E-state index contributed by atoms with van der Waals surface area (Å²) in [5.41, 5.74) is 0.877. The van der Waals surface area contributed by atoms with Gasteiger partial charge in [-0.3, -0.25) is 0 Å². The minimum atomic E-state index is -0.474. The lowest BCUT2D eigenvalue weighted by Gasteiger charge is -2.17. The van der Waals surface area contributed by atoms with Gasteiger partial charge in [0.2, 0.25) is 0 Å². The highest BCUT2D eigenvalue weighted by atomic mass is 35.5. The number of rotatable bonds is 6. The fourth-order valence-corrected chi connectivity index (χ4v) is 1.60. The predicted octanol–water partition coefficient (Wildman–Crippen LogP) is 1.69. The van der Waals surface area contributed by atoms with Gasteiger partial charge in [0, 0.05) is 18.1 Å².